The Balaban J connectivity index is 2.45. The van der Waals surface area contributed by atoms with E-state index in [1.807, 2.05) is 0 Å². The predicted octanol–water partition coefficient (Wildman–Crippen LogP) is 0.590. The summed E-state index contributed by atoms with van der Waals surface area (Å²) in [6, 6.07) is 0.258. The Labute approximate surface area is 104 Å². The number of rotatable bonds is 5. The van der Waals surface area contributed by atoms with Crippen molar-refractivity contribution in [2.45, 2.75) is 19.9 Å². The molecular formula is C10H15N7O. The number of hydrogen-bond donors (Lipinski definition) is 1. The largest absolute Gasteiger partial charge is 0.467 e. The van der Waals surface area contributed by atoms with Gasteiger partial charge in [0.1, 0.15) is 5.69 Å². The first-order chi connectivity index (χ1) is 8.78. The number of nitrogens with one attached hydrogen (secondary N) is 1. The lowest BCUT2D eigenvalue weighted by Crippen LogP contribution is -2.07. The van der Waals surface area contributed by atoms with Crippen molar-refractivity contribution >= 4 is 5.95 Å². The molecule has 2 heterocycles. The Hall–Kier alpha value is -2.25. The van der Waals surface area contributed by atoms with Gasteiger partial charge < -0.3 is 10.1 Å². The predicted molar refractivity (Wildman–Crippen MR) is 65.2 cm³/mol. The van der Waals surface area contributed by atoms with Gasteiger partial charge in [0.25, 0.3) is 0 Å². The summed E-state index contributed by atoms with van der Waals surface area (Å²) in [5.41, 5.74) is 0.744. The van der Waals surface area contributed by atoms with Gasteiger partial charge in [0.2, 0.25) is 5.95 Å². The van der Waals surface area contributed by atoms with E-state index in [2.05, 4.69) is 37.5 Å². The van der Waals surface area contributed by atoms with Gasteiger partial charge >= 0.3 is 6.01 Å². The van der Waals surface area contributed by atoms with Gasteiger partial charge in [0.05, 0.1) is 13.3 Å². The van der Waals surface area contributed by atoms with Crippen molar-refractivity contribution in [2.24, 2.45) is 0 Å². The van der Waals surface area contributed by atoms with Crippen LogP contribution < -0.4 is 10.1 Å². The lowest BCUT2D eigenvalue weighted by Gasteiger charge is -2.06. The zero-order valence-corrected chi connectivity index (χ0v) is 10.6. The van der Waals surface area contributed by atoms with Gasteiger partial charge in [-0.3, -0.25) is 0 Å². The van der Waals surface area contributed by atoms with Gasteiger partial charge in [-0.05, 0) is 6.42 Å². The zero-order chi connectivity index (χ0) is 13.0. The van der Waals surface area contributed by atoms with Crippen LogP contribution in [-0.4, -0.2) is 44.1 Å². The molecule has 1 N–H and O–H groups in total. The fourth-order valence-electron chi connectivity index (χ4n) is 1.48. The van der Waals surface area contributed by atoms with E-state index in [-0.39, 0.29) is 6.01 Å². The fourth-order valence-corrected chi connectivity index (χ4v) is 1.48. The number of aromatic nitrogens is 6. The number of anilines is 1. The van der Waals surface area contributed by atoms with E-state index < -0.39 is 0 Å². The first-order valence-corrected chi connectivity index (χ1v) is 5.65. The van der Waals surface area contributed by atoms with E-state index in [1.165, 1.54) is 7.11 Å². The second-order valence-corrected chi connectivity index (χ2v) is 3.56. The average Bonchev–Trinajstić information content (AvgIpc) is 2.87. The van der Waals surface area contributed by atoms with Crippen molar-refractivity contribution in [1.29, 1.82) is 0 Å². The Morgan fingerprint density at radius 3 is 2.83 bits per heavy atom. The molecule has 0 aliphatic rings. The van der Waals surface area contributed by atoms with Crippen LogP contribution in [0.15, 0.2) is 6.20 Å². The van der Waals surface area contributed by atoms with E-state index in [0.717, 1.165) is 18.7 Å². The smallest absolute Gasteiger partial charge is 0.321 e. The van der Waals surface area contributed by atoms with Gasteiger partial charge in [0.15, 0.2) is 5.82 Å². The molecule has 8 heteroatoms. The molecule has 0 amide bonds. The number of ether oxygens (including phenoxy) is 1. The minimum atomic E-state index is 0.258. The minimum absolute atomic E-state index is 0.258. The van der Waals surface area contributed by atoms with Crippen molar-refractivity contribution in [3.8, 4) is 17.5 Å². The van der Waals surface area contributed by atoms with Crippen LogP contribution in [0.1, 0.15) is 13.3 Å². The average molecular weight is 249 g/mol. The quantitative estimate of drug-likeness (QED) is 0.829. The van der Waals surface area contributed by atoms with Crippen LogP contribution >= 0.6 is 0 Å². The molecule has 2 aromatic rings. The first-order valence-electron chi connectivity index (χ1n) is 5.65. The second-order valence-electron chi connectivity index (χ2n) is 3.56. The molecule has 18 heavy (non-hydrogen) atoms. The van der Waals surface area contributed by atoms with E-state index in [1.54, 1.807) is 17.9 Å². The van der Waals surface area contributed by atoms with Crippen molar-refractivity contribution in [2.75, 3.05) is 19.5 Å². The maximum Gasteiger partial charge on any atom is 0.321 e. The molecule has 0 aliphatic carbocycles. The molecule has 0 bridgehead atoms. The van der Waals surface area contributed by atoms with Crippen LogP contribution in [-0.2, 0) is 6.54 Å². The van der Waals surface area contributed by atoms with Crippen molar-refractivity contribution in [1.82, 2.24) is 29.9 Å². The Bertz CT molecular complexity index is 502. The molecule has 0 radical (unpaired) electrons. The fraction of sp³-hybridized carbons (Fsp3) is 0.500. The van der Waals surface area contributed by atoms with E-state index in [9.17, 15) is 0 Å². The Morgan fingerprint density at radius 2 is 2.17 bits per heavy atom. The van der Waals surface area contributed by atoms with Gasteiger partial charge in [-0.2, -0.15) is 15.0 Å². The molecular weight excluding hydrogens is 234 g/mol. The number of hydrogen-bond acceptors (Lipinski definition) is 7. The minimum Gasteiger partial charge on any atom is -0.467 e. The summed E-state index contributed by atoms with van der Waals surface area (Å²) in [5.74, 6) is 0.936. The molecule has 0 aliphatic heterocycles. The summed E-state index contributed by atoms with van der Waals surface area (Å²) in [7, 11) is 3.25. The van der Waals surface area contributed by atoms with Gasteiger partial charge in [-0.25, -0.2) is 4.68 Å². The van der Waals surface area contributed by atoms with E-state index >= 15 is 0 Å². The third-order valence-corrected chi connectivity index (χ3v) is 2.30. The summed E-state index contributed by atoms with van der Waals surface area (Å²) in [6.45, 7) is 2.83. The summed E-state index contributed by atoms with van der Waals surface area (Å²) < 4.78 is 6.80. The standard InChI is InChI=1S/C10H15N7O/c1-4-5-17-7(6-12-16-17)8-13-9(11-2)15-10(14-8)18-3/h6H,4-5H2,1-3H3,(H,11,13,14,15). The van der Waals surface area contributed by atoms with Gasteiger partial charge in [-0.15, -0.1) is 5.10 Å². The van der Waals surface area contributed by atoms with Crippen LogP contribution in [0.4, 0.5) is 5.95 Å². The molecule has 96 valence electrons. The molecule has 0 atom stereocenters. The molecule has 2 aromatic heterocycles. The third-order valence-electron chi connectivity index (χ3n) is 2.30. The van der Waals surface area contributed by atoms with Crippen LogP contribution in [0.3, 0.4) is 0 Å². The summed E-state index contributed by atoms with van der Waals surface area (Å²) >= 11 is 0. The van der Waals surface area contributed by atoms with Crippen LogP contribution in [0.5, 0.6) is 6.01 Å². The molecule has 0 spiro atoms. The number of nitrogens with zero attached hydrogens (tertiary/aromatic N) is 6. The zero-order valence-electron chi connectivity index (χ0n) is 10.6. The van der Waals surface area contributed by atoms with Crippen LogP contribution in [0, 0.1) is 0 Å². The highest BCUT2D eigenvalue weighted by Gasteiger charge is 2.13. The molecule has 0 unspecified atom stereocenters. The van der Waals surface area contributed by atoms with Crippen molar-refractivity contribution < 1.29 is 4.74 Å². The molecule has 0 fully saturated rings. The molecule has 0 saturated carbocycles. The Kier molecular flexibility index (Phi) is 3.66. The number of aryl methyl sites for hydroxylation is 1. The highest BCUT2D eigenvalue weighted by molar-refractivity contribution is 5.50. The molecule has 8 nitrogen and oxygen atoms in total. The SMILES string of the molecule is CCCn1nncc1-c1nc(NC)nc(OC)n1. The van der Waals surface area contributed by atoms with Crippen molar-refractivity contribution in [3.63, 3.8) is 0 Å². The first kappa shape index (κ1) is 12.2. The highest BCUT2D eigenvalue weighted by atomic mass is 16.5. The van der Waals surface area contributed by atoms with E-state index in [0.29, 0.717) is 11.8 Å². The monoisotopic (exact) mass is 249 g/mol. The van der Waals surface area contributed by atoms with Crippen molar-refractivity contribution in [3.05, 3.63) is 6.20 Å². The topological polar surface area (TPSA) is 90.6 Å². The maximum absolute atomic E-state index is 5.04. The maximum atomic E-state index is 5.04. The van der Waals surface area contributed by atoms with Crippen LogP contribution in [0.2, 0.25) is 0 Å². The Morgan fingerprint density at radius 1 is 1.33 bits per heavy atom. The highest BCUT2D eigenvalue weighted by Crippen LogP contribution is 2.17. The normalized spacial score (nSPS) is 10.4. The van der Waals surface area contributed by atoms with E-state index in [4.69, 9.17) is 4.74 Å². The third kappa shape index (κ3) is 2.36. The van der Waals surface area contributed by atoms with Gasteiger partial charge in [0, 0.05) is 13.6 Å². The second kappa shape index (κ2) is 5.39. The lowest BCUT2D eigenvalue weighted by molar-refractivity contribution is 0.379. The summed E-state index contributed by atoms with van der Waals surface area (Å²) in [5, 5.41) is 10.7. The molecule has 0 saturated heterocycles. The lowest BCUT2D eigenvalue weighted by atomic mass is 10.4. The summed E-state index contributed by atoms with van der Waals surface area (Å²) in [4.78, 5) is 12.5. The molecule has 0 aromatic carbocycles. The van der Waals surface area contributed by atoms with Gasteiger partial charge in [-0.1, -0.05) is 12.1 Å². The number of methoxy groups -OCH3 is 1. The van der Waals surface area contributed by atoms with Crippen LogP contribution in [0.25, 0.3) is 11.5 Å². The molecule has 2 rings (SSSR count). The summed E-state index contributed by atoms with van der Waals surface area (Å²) in [6.07, 6.45) is 2.58.